The molecule has 1 unspecified atom stereocenters. The van der Waals surface area contributed by atoms with Crippen molar-refractivity contribution in [1.82, 2.24) is 4.98 Å². The predicted octanol–water partition coefficient (Wildman–Crippen LogP) is 3.11. The number of aliphatic hydroxyl groups is 1. The van der Waals surface area contributed by atoms with Gasteiger partial charge in [0.05, 0.1) is 24.4 Å². The molecule has 1 heterocycles. The third-order valence-corrected chi connectivity index (χ3v) is 3.20. The fraction of sp³-hybridized carbons (Fsp3) is 0.200. The number of anilines is 1. The molecule has 0 aliphatic heterocycles. The molecular weight excluding hydrogens is 276 g/mol. The molecule has 2 N–H and O–H groups in total. The second kappa shape index (κ2) is 6.50. The van der Waals surface area contributed by atoms with E-state index in [2.05, 4.69) is 10.3 Å². The lowest BCUT2D eigenvalue weighted by Crippen LogP contribution is -2.16. The van der Waals surface area contributed by atoms with Crippen molar-refractivity contribution < 1.29 is 9.90 Å². The molecule has 104 valence electrons. The molecule has 5 heteroatoms. The molecule has 0 aliphatic rings. The monoisotopic (exact) mass is 290 g/mol. The summed E-state index contributed by atoms with van der Waals surface area (Å²) in [6.45, 7) is 1.88. The van der Waals surface area contributed by atoms with E-state index in [4.69, 9.17) is 11.6 Å². The molecule has 0 saturated carbocycles. The molecule has 0 spiro atoms. The molecule has 20 heavy (non-hydrogen) atoms. The van der Waals surface area contributed by atoms with Crippen LogP contribution in [0.15, 0.2) is 42.7 Å². The SMILES string of the molecule is Cc1ccncc1NC(=O)CC(O)c1ccc(Cl)cc1. The number of carbonyl (C=O) groups is 1. The minimum Gasteiger partial charge on any atom is -0.388 e. The van der Waals surface area contributed by atoms with Gasteiger partial charge < -0.3 is 10.4 Å². The fourth-order valence-electron chi connectivity index (χ4n) is 1.77. The number of aliphatic hydroxyl groups excluding tert-OH is 1. The summed E-state index contributed by atoms with van der Waals surface area (Å²) in [7, 11) is 0. The molecule has 0 saturated heterocycles. The second-order valence-corrected chi connectivity index (χ2v) is 4.95. The highest BCUT2D eigenvalue weighted by molar-refractivity contribution is 6.30. The number of aryl methyl sites for hydroxylation is 1. The molecule has 2 rings (SSSR count). The molecule has 1 amide bonds. The highest BCUT2D eigenvalue weighted by Gasteiger charge is 2.13. The second-order valence-electron chi connectivity index (χ2n) is 4.51. The van der Waals surface area contributed by atoms with Gasteiger partial charge in [0.2, 0.25) is 5.91 Å². The zero-order valence-corrected chi connectivity index (χ0v) is 11.8. The van der Waals surface area contributed by atoms with Crippen LogP contribution in [-0.2, 0) is 4.79 Å². The standard InChI is InChI=1S/C15H15ClN2O2/c1-10-6-7-17-9-13(10)18-15(20)8-14(19)11-2-4-12(16)5-3-11/h2-7,9,14,19H,8H2,1H3,(H,18,20). The number of nitrogens with zero attached hydrogens (tertiary/aromatic N) is 1. The molecular formula is C15H15ClN2O2. The van der Waals surface area contributed by atoms with Crippen molar-refractivity contribution in [3.63, 3.8) is 0 Å². The Balaban J connectivity index is 1.98. The summed E-state index contributed by atoms with van der Waals surface area (Å²) in [5.41, 5.74) is 2.24. The van der Waals surface area contributed by atoms with Crippen LogP contribution in [-0.4, -0.2) is 16.0 Å². The van der Waals surface area contributed by atoms with Crippen molar-refractivity contribution >= 4 is 23.2 Å². The number of nitrogens with one attached hydrogen (secondary N) is 1. The minimum atomic E-state index is -0.857. The van der Waals surface area contributed by atoms with Crippen molar-refractivity contribution in [2.24, 2.45) is 0 Å². The summed E-state index contributed by atoms with van der Waals surface area (Å²) in [5.74, 6) is -0.261. The topological polar surface area (TPSA) is 62.2 Å². The average molecular weight is 291 g/mol. The van der Waals surface area contributed by atoms with Crippen LogP contribution in [0.2, 0.25) is 5.02 Å². The molecule has 0 fully saturated rings. The molecule has 4 nitrogen and oxygen atoms in total. The molecule has 0 aliphatic carbocycles. The van der Waals surface area contributed by atoms with E-state index in [9.17, 15) is 9.90 Å². The first-order valence-electron chi connectivity index (χ1n) is 6.20. The molecule has 1 aromatic heterocycles. The maximum atomic E-state index is 11.9. The zero-order chi connectivity index (χ0) is 14.5. The van der Waals surface area contributed by atoms with Crippen LogP contribution in [0.25, 0.3) is 0 Å². The number of benzene rings is 1. The number of pyridine rings is 1. The number of hydrogen-bond donors (Lipinski definition) is 2. The summed E-state index contributed by atoms with van der Waals surface area (Å²) in [5, 5.41) is 13.3. The van der Waals surface area contributed by atoms with Crippen LogP contribution < -0.4 is 5.32 Å². The van der Waals surface area contributed by atoms with Gasteiger partial charge >= 0.3 is 0 Å². The van der Waals surface area contributed by atoms with E-state index in [1.165, 1.54) is 0 Å². The van der Waals surface area contributed by atoms with Gasteiger partial charge in [-0.3, -0.25) is 9.78 Å². The van der Waals surface area contributed by atoms with Gasteiger partial charge in [-0.15, -0.1) is 0 Å². The third kappa shape index (κ3) is 3.79. The summed E-state index contributed by atoms with van der Waals surface area (Å²) in [6.07, 6.45) is 2.37. The highest BCUT2D eigenvalue weighted by atomic mass is 35.5. The number of aromatic nitrogens is 1. The van der Waals surface area contributed by atoms with E-state index in [1.807, 2.05) is 13.0 Å². The lowest BCUT2D eigenvalue weighted by molar-refractivity contribution is -0.118. The van der Waals surface area contributed by atoms with E-state index in [1.54, 1.807) is 36.7 Å². The lowest BCUT2D eigenvalue weighted by atomic mass is 10.1. The Labute approximate surface area is 122 Å². The Hall–Kier alpha value is -1.91. The number of amides is 1. The molecule has 0 bridgehead atoms. The van der Waals surface area contributed by atoms with Gasteiger partial charge in [-0.2, -0.15) is 0 Å². The molecule has 1 aromatic carbocycles. The van der Waals surface area contributed by atoms with Crippen molar-refractivity contribution in [2.75, 3.05) is 5.32 Å². The van der Waals surface area contributed by atoms with Gasteiger partial charge in [0, 0.05) is 11.2 Å². The maximum Gasteiger partial charge on any atom is 0.227 e. The van der Waals surface area contributed by atoms with Gasteiger partial charge in [0.1, 0.15) is 0 Å². The maximum absolute atomic E-state index is 11.9. The molecule has 0 radical (unpaired) electrons. The van der Waals surface area contributed by atoms with Crippen LogP contribution >= 0.6 is 11.6 Å². The third-order valence-electron chi connectivity index (χ3n) is 2.95. The first-order chi connectivity index (χ1) is 9.56. The van der Waals surface area contributed by atoms with Crippen molar-refractivity contribution in [3.05, 3.63) is 58.9 Å². The zero-order valence-electron chi connectivity index (χ0n) is 11.0. The lowest BCUT2D eigenvalue weighted by Gasteiger charge is -2.12. The van der Waals surface area contributed by atoms with Gasteiger partial charge in [0.15, 0.2) is 0 Å². The number of rotatable bonds is 4. The van der Waals surface area contributed by atoms with Crippen molar-refractivity contribution in [2.45, 2.75) is 19.4 Å². The van der Waals surface area contributed by atoms with Gasteiger partial charge in [0.25, 0.3) is 0 Å². The Morgan fingerprint density at radius 1 is 1.35 bits per heavy atom. The van der Waals surface area contributed by atoms with Crippen molar-refractivity contribution in [3.8, 4) is 0 Å². The predicted molar refractivity (Wildman–Crippen MR) is 78.6 cm³/mol. The fourth-order valence-corrected chi connectivity index (χ4v) is 1.90. The van der Waals surface area contributed by atoms with Crippen LogP contribution in [0.4, 0.5) is 5.69 Å². The highest BCUT2D eigenvalue weighted by Crippen LogP contribution is 2.20. The molecule has 2 aromatic rings. The Morgan fingerprint density at radius 3 is 2.70 bits per heavy atom. The van der Waals surface area contributed by atoms with E-state index >= 15 is 0 Å². The van der Waals surface area contributed by atoms with Crippen LogP contribution in [0.1, 0.15) is 23.7 Å². The summed E-state index contributed by atoms with van der Waals surface area (Å²) >= 11 is 5.78. The average Bonchev–Trinajstić information content (AvgIpc) is 2.42. The van der Waals surface area contributed by atoms with Gasteiger partial charge in [-0.25, -0.2) is 0 Å². The summed E-state index contributed by atoms with van der Waals surface area (Å²) in [6, 6.07) is 8.59. The van der Waals surface area contributed by atoms with Crippen LogP contribution in [0.5, 0.6) is 0 Å². The largest absolute Gasteiger partial charge is 0.388 e. The smallest absolute Gasteiger partial charge is 0.227 e. The van der Waals surface area contributed by atoms with E-state index < -0.39 is 6.10 Å². The molecule has 1 atom stereocenters. The first-order valence-corrected chi connectivity index (χ1v) is 6.58. The minimum absolute atomic E-state index is 0.0179. The van der Waals surface area contributed by atoms with Crippen molar-refractivity contribution in [1.29, 1.82) is 0 Å². The van der Waals surface area contributed by atoms with E-state index in [0.717, 1.165) is 5.56 Å². The number of hydrogen-bond acceptors (Lipinski definition) is 3. The normalized spacial score (nSPS) is 11.9. The number of carbonyl (C=O) groups excluding carboxylic acids is 1. The first kappa shape index (κ1) is 14.5. The van der Waals surface area contributed by atoms with Gasteiger partial charge in [-0.1, -0.05) is 23.7 Å². The summed E-state index contributed by atoms with van der Waals surface area (Å²) < 4.78 is 0. The van der Waals surface area contributed by atoms with E-state index in [0.29, 0.717) is 16.3 Å². The Morgan fingerprint density at radius 2 is 2.05 bits per heavy atom. The Bertz CT molecular complexity index is 599. The van der Waals surface area contributed by atoms with E-state index in [-0.39, 0.29) is 12.3 Å². The van der Waals surface area contributed by atoms with Crippen LogP contribution in [0, 0.1) is 6.92 Å². The quantitative estimate of drug-likeness (QED) is 0.909. The van der Waals surface area contributed by atoms with Gasteiger partial charge in [-0.05, 0) is 36.2 Å². The van der Waals surface area contributed by atoms with Crippen LogP contribution in [0.3, 0.4) is 0 Å². The number of halogens is 1. The Kier molecular flexibility index (Phi) is 4.71. The summed E-state index contributed by atoms with van der Waals surface area (Å²) in [4.78, 5) is 15.8.